The average molecular weight is 462 g/mol. The van der Waals surface area contributed by atoms with Crippen LogP contribution >= 0.6 is 0 Å². The lowest BCUT2D eigenvalue weighted by atomic mass is 9.98. The molecule has 8 nitrogen and oxygen atoms in total. The molecule has 0 aliphatic carbocycles. The van der Waals surface area contributed by atoms with Crippen molar-refractivity contribution in [3.8, 4) is 5.75 Å². The maximum absolute atomic E-state index is 12.6. The number of hydrogen-bond donors (Lipinski definition) is 3. The molecule has 3 aromatic carbocycles. The van der Waals surface area contributed by atoms with Gasteiger partial charge in [-0.15, -0.1) is 0 Å². The number of para-hydroxylation sites is 1. The molecule has 0 bridgehead atoms. The number of nitrogens with zero attached hydrogens (tertiary/aromatic N) is 1. The van der Waals surface area contributed by atoms with E-state index in [-0.39, 0.29) is 25.2 Å². The highest BCUT2D eigenvalue weighted by molar-refractivity contribution is 5.99. The topological polar surface area (TPSA) is 100 Å². The van der Waals surface area contributed by atoms with E-state index in [0.717, 1.165) is 16.9 Å². The molecule has 4 rings (SSSR count). The van der Waals surface area contributed by atoms with Gasteiger partial charge in [0.25, 0.3) is 0 Å². The fourth-order valence-corrected chi connectivity index (χ4v) is 3.92. The molecule has 3 aromatic rings. The van der Waals surface area contributed by atoms with Gasteiger partial charge >= 0.3 is 6.03 Å². The maximum atomic E-state index is 12.6. The summed E-state index contributed by atoms with van der Waals surface area (Å²) in [5.74, 6) is 0.557. The number of morpholine rings is 1. The van der Waals surface area contributed by atoms with Gasteiger partial charge in [0.05, 0.1) is 19.8 Å². The van der Waals surface area contributed by atoms with Crippen LogP contribution in [0.3, 0.4) is 0 Å². The molecule has 0 saturated carbocycles. The second-order valence-electron chi connectivity index (χ2n) is 7.92. The van der Waals surface area contributed by atoms with E-state index in [1.807, 2.05) is 54.6 Å². The summed E-state index contributed by atoms with van der Waals surface area (Å²) in [6.45, 7) is 0.0378. The molecule has 176 valence electrons. The van der Waals surface area contributed by atoms with Crippen LogP contribution in [0.15, 0.2) is 78.9 Å². The Morgan fingerprint density at radius 3 is 2.26 bits per heavy atom. The number of aliphatic hydroxyl groups excluding tert-OH is 1. The Balaban J connectivity index is 1.43. The molecule has 0 radical (unpaired) electrons. The zero-order valence-electron chi connectivity index (χ0n) is 18.8. The van der Waals surface area contributed by atoms with Gasteiger partial charge in [-0.1, -0.05) is 42.5 Å². The number of ether oxygens (including phenoxy) is 2. The van der Waals surface area contributed by atoms with Crippen molar-refractivity contribution in [2.75, 3.05) is 31.0 Å². The zero-order valence-corrected chi connectivity index (χ0v) is 18.8. The van der Waals surface area contributed by atoms with Crippen LogP contribution in [-0.2, 0) is 16.1 Å². The van der Waals surface area contributed by atoms with Crippen molar-refractivity contribution >= 4 is 23.3 Å². The maximum Gasteiger partial charge on any atom is 0.323 e. The van der Waals surface area contributed by atoms with Crippen LogP contribution in [0.5, 0.6) is 5.75 Å². The number of amides is 3. The van der Waals surface area contributed by atoms with Crippen LogP contribution in [-0.4, -0.2) is 48.3 Å². The highest BCUT2D eigenvalue weighted by Crippen LogP contribution is 2.31. The predicted octanol–water partition coefficient (Wildman–Crippen LogP) is 3.80. The number of urea groups is 1. The van der Waals surface area contributed by atoms with Gasteiger partial charge < -0.3 is 30.1 Å². The number of benzene rings is 3. The Morgan fingerprint density at radius 2 is 1.65 bits per heavy atom. The SMILES string of the molecule is COc1ccc(CN2C(=O)CO[C@H](c3ccc(NC(=O)Nc4ccccc4)cc3)[C@H]2CO)cc1. The van der Waals surface area contributed by atoms with Crippen molar-refractivity contribution in [3.05, 3.63) is 90.0 Å². The molecule has 1 saturated heterocycles. The molecule has 3 N–H and O–H groups in total. The molecule has 2 atom stereocenters. The Morgan fingerprint density at radius 1 is 1.00 bits per heavy atom. The molecule has 34 heavy (non-hydrogen) atoms. The normalized spacial score (nSPS) is 17.8. The molecular weight excluding hydrogens is 434 g/mol. The first-order valence-electron chi connectivity index (χ1n) is 11.0. The molecule has 0 aromatic heterocycles. The zero-order chi connectivity index (χ0) is 23.9. The lowest BCUT2D eigenvalue weighted by Gasteiger charge is -2.40. The van der Waals surface area contributed by atoms with E-state index < -0.39 is 12.1 Å². The van der Waals surface area contributed by atoms with Crippen molar-refractivity contribution in [1.82, 2.24) is 4.90 Å². The third kappa shape index (κ3) is 5.54. The van der Waals surface area contributed by atoms with Gasteiger partial charge in [-0.25, -0.2) is 4.79 Å². The minimum atomic E-state index is -0.538. The number of methoxy groups -OCH3 is 1. The molecule has 1 heterocycles. The van der Waals surface area contributed by atoms with Crippen molar-refractivity contribution in [1.29, 1.82) is 0 Å². The first kappa shape index (κ1) is 23.3. The number of carbonyl (C=O) groups excluding carboxylic acids is 2. The second-order valence-corrected chi connectivity index (χ2v) is 7.92. The first-order valence-corrected chi connectivity index (χ1v) is 11.0. The number of hydrogen-bond acceptors (Lipinski definition) is 5. The lowest BCUT2D eigenvalue weighted by Crippen LogP contribution is -2.52. The van der Waals surface area contributed by atoms with Gasteiger partial charge in [0.2, 0.25) is 5.91 Å². The predicted molar refractivity (Wildman–Crippen MR) is 129 cm³/mol. The van der Waals surface area contributed by atoms with E-state index in [9.17, 15) is 14.7 Å². The summed E-state index contributed by atoms with van der Waals surface area (Å²) >= 11 is 0. The van der Waals surface area contributed by atoms with E-state index >= 15 is 0 Å². The molecular formula is C26H27N3O5. The summed E-state index contributed by atoms with van der Waals surface area (Å²) in [7, 11) is 1.60. The van der Waals surface area contributed by atoms with Crippen molar-refractivity contribution in [3.63, 3.8) is 0 Å². The molecule has 1 aliphatic rings. The summed E-state index contributed by atoms with van der Waals surface area (Å²) in [5.41, 5.74) is 3.04. The number of rotatable bonds is 7. The Hall–Kier alpha value is -3.88. The van der Waals surface area contributed by atoms with E-state index in [1.165, 1.54) is 0 Å². The van der Waals surface area contributed by atoms with Gasteiger partial charge in [0, 0.05) is 17.9 Å². The number of anilines is 2. The van der Waals surface area contributed by atoms with Crippen LogP contribution in [0.4, 0.5) is 16.2 Å². The van der Waals surface area contributed by atoms with Crippen molar-refractivity contribution in [2.24, 2.45) is 0 Å². The van der Waals surface area contributed by atoms with Gasteiger partial charge in [0.1, 0.15) is 18.5 Å². The summed E-state index contributed by atoms with van der Waals surface area (Å²) in [5, 5.41) is 15.7. The van der Waals surface area contributed by atoms with Crippen molar-refractivity contribution in [2.45, 2.75) is 18.7 Å². The Labute approximate surface area is 198 Å². The van der Waals surface area contributed by atoms with E-state index in [4.69, 9.17) is 9.47 Å². The smallest absolute Gasteiger partial charge is 0.323 e. The highest BCUT2D eigenvalue weighted by atomic mass is 16.5. The average Bonchev–Trinajstić information content (AvgIpc) is 2.86. The Bertz CT molecular complexity index is 1100. The third-order valence-electron chi connectivity index (χ3n) is 5.68. The fraction of sp³-hybridized carbons (Fsp3) is 0.231. The van der Waals surface area contributed by atoms with Crippen molar-refractivity contribution < 1.29 is 24.2 Å². The summed E-state index contributed by atoms with van der Waals surface area (Å²) in [4.78, 5) is 26.5. The molecule has 0 spiro atoms. The lowest BCUT2D eigenvalue weighted by molar-refractivity contribution is -0.162. The highest BCUT2D eigenvalue weighted by Gasteiger charge is 2.37. The van der Waals surface area contributed by atoms with Gasteiger partial charge in [-0.2, -0.15) is 0 Å². The summed E-state index contributed by atoms with van der Waals surface area (Å²) in [6, 6.07) is 22.9. The monoisotopic (exact) mass is 461 g/mol. The van der Waals surface area contributed by atoms with Crippen LogP contribution in [0.2, 0.25) is 0 Å². The van der Waals surface area contributed by atoms with Crippen LogP contribution in [0, 0.1) is 0 Å². The molecule has 1 fully saturated rings. The summed E-state index contributed by atoms with van der Waals surface area (Å²) < 4.78 is 11.0. The molecule has 1 aliphatic heterocycles. The quantitative estimate of drug-likeness (QED) is 0.497. The van der Waals surface area contributed by atoms with Crippen LogP contribution in [0.1, 0.15) is 17.2 Å². The molecule has 0 unspecified atom stereocenters. The number of carbonyl (C=O) groups is 2. The molecule has 8 heteroatoms. The Kier molecular flexibility index (Phi) is 7.41. The largest absolute Gasteiger partial charge is 0.497 e. The van der Waals surface area contributed by atoms with Crippen LogP contribution < -0.4 is 15.4 Å². The summed E-state index contributed by atoms with van der Waals surface area (Å²) in [6.07, 6.45) is -0.492. The number of aliphatic hydroxyl groups is 1. The van der Waals surface area contributed by atoms with E-state index in [0.29, 0.717) is 17.9 Å². The first-order chi connectivity index (χ1) is 16.6. The van der Waals surface area contributed by atoms with E-state index in [2.05, 4.69) is 10.6 Å². The van der Waals surface area contributed by atoms with E-state index in [1.54, 1.807) is 36.3 Å². The second kappa shape index (κ2) is 10.8. The van der Waals surface area contributed by atoms with Crippen LogP contribution in [0.25, 0.3) is 0 Å². The van der Waals surface area contributed by atoms with Gasteiger partial charge in [-0.05, 0) is 47.5 Å². The third-order valence-corrected chi connectivity index (χ3v) is 5.68. The minimum absolute atomic E-state index is 0.0726. The van der Waals surface area contributed by atoms with Gasteiger partial charge in [0.15, 0.2) is 0 Å². The standard InChI is InChI=1S/C26H27N3O5/c1-33-22-13-7-18(8-14-22)15-29-23(16-30)25(34-17-24(29)31)19-9-11-21(12-10-19)28-26(32)27-20-5-3-2-4-6-20/h2-14,23,25,30H,15-17H2,1H3,(H2,27,28,32)/t23-,25-/m1/s1. The van der Waals surface area contributed by atoms with Gasteiger partial charge in [-0.3, -0.25) is 4.79 Å². The molecule has 3 amide bonds. The fourth-order valence-electron chi connectivity index (χ4n) is 3.92. The minimum Gasteiger partial charge on any atom is -0.497 e. The number of nitrogens with one attached hydrogen (secondary N) is 2.